The van der Waals surface area contributed by atoms with E-state index in [4.69, 9.17) is 9.63 Å². The van der Waals surface area contributed by atoms with Gasteiger partial charge >= 0.3 is 5.97 Å². The van der Waals surface area contributed by atoms with Crippen LogP contribution in [0.4, 0.5) is 0 Å². The maximum Gasteiger partial charge on any atom is 0.326 e. The first-order chi connectivity index (χ1) is 7.41. The van der Waals surface area contributed by atoms with Gasteiger partial charge < -0.3 is 14.9 Å². The van der Waals surface area contributed by atoms with Crippen LogP contribution in [0, 0.1) is 13.8 Å². The number of nitrogens with one attached hydrogen (secondary N) is 1. The van der Waals surface area contributed by atoms with E-state index in [2.05, 4.69) is 10.5 Å². The summed E-state index contributed by atoms with van der Waals surface area (Å²) in [6, 6.07) is -0.950. The Bertz CT molecular complexity index is 391. The normalized spacial score (nSPS) is 12.2. The van der Waals surface area contributed by atoms with E-state index in [9.17, 15) is 9.59 Å². The zero-order valence-corrected chi connectivity index (χ0v) is 9.40. The summed E-state index contributed by atoms with van der Waals surface area (Å²) in [4.78, 5) is 21.8. The van der Waals surface area contributed by atoms with Crippen molar-refractivity contribution in [1.29, 1.82) is 0 Å². The minimum Gasteiger partial charge on any atom is -0.480 e. The molecule has 1 aromatic heterocycles. The number of hydrogen-bond acceptors (Lipinski definition) is 4. The second kappa shape index (κ2) is 4.78. The van der Waals surface area contributed by atoms with Crippen LogP contribution in [0.3, 0.4) is 0 Å². The molecule has 6 heteroatoms. The molecule has 0 fully saturated rings. The fraction of sp³-hybridized carbons (Fsp3) is 0.500. The number of aliphatic carboxylic acids is 1. The monoisotopic (exact) mass is 226 g/mol. The molecule has 0 aromatic carbocycles. The van der Waals surface area contributed by atoms with E-state index < -0.39 is 12.0 Å². The number of amides is 1. The quantitative estimate of drug-likeness (QED) is 0.776. The highest BCUT2D eigenvalue weighted by Crippen LogP contribution is 2.14. The molecule has 0 bridgehead atoms. The Morgan fingerprint density at radius 3 is 2.50 bits per heavy atom. The summed E-state index contributed by atoms with van der Waals surface area (Å²) in [5.74, 6) is -0.872. The first kappa shape index (κ1) is 12.2. The van der Waals surface area contributed by atoms with Gasteiger partial charge in [-0.05, 0) is 13.8 Å². The fourth-order valence-corrected chi connectivity index (χ4v) is 1.44. The lowest BCUT2D eigenvalue weighted by molar-refractivity contribution is -0.141. The third-order valence-corrected chi connectivity index (χ3v) is 2.27. The van der Waals surface area contributed by atoms with E-state index >= 15 is 0 Å². The Labute approximate surface area is 92.6 Å². The summed E-state index contributed by atoms with van der Waals surface area (Å²) < 4.78 is 4.93. The average molecular weight is 226 g/mol. The highest BCUT2D eigenvalue weighted by molar-refractivity contribution is 5.82. The Kier molecular flexibility index (Phi) is 3.65. The Morgan fingerprint density at radius 1 is 1.50 bits per heavy atom. The summed E-state index contributed by atoms with van der Waals surface area (Å²) in [5.41, 5.74) is 1.37. The van der Waals surface area contributed by atoms with Crippen molar-refractivity contribution in [3.63, 3.8) is 0 Å². The maximum absolute atomic E-state index is 10.9. The van der Waals surface area contributed by atoms with Gasteiger partial charge in [0.25, 0.3) is 0 Å². The van der Waals surface area contributed by atoms with Gasteiger partial charge in [0.15, 0.2) is 0 Å². The van der Waals surface area contributed by atoms with Crippen LogP contribution >= 0.6 is 0 Å². The minimum absolute atomic E-state index is 0.177. The number of rotatable bonds is 4. The van der Waals surface area contributed by atoms with E-state index in [1.54, 1.807) is 13.8 Å². The molecule has 0 aliphatic rings. The van der Waals surface area contributed by atoms with Crippen molar-refractivity contribution >= 4 is 11.9 Å². The van der Waals surface area contributed by atoms with Crippen LogP contribution < -0.4 is 5.32 Å². The van der Waals surface area contributed by atoms with Crippen LogP contribution in [0.5, 0.6) is 0 Å². The predicted molar refractivity (Wildman–Crippen MR) is 54.9 cm³/mol. The second-order valence-electron chi connectivity index (χ2n) is 3.60. The summed E-state index contributed by atoms with van der Waals surface area (Å²) in [6.07, 6.45) is 0.177. The number of carbonyl (C=O) groups excluding carboxylic acids is 1. The van der Waals surface area contributed by atoms with Gasteiger partial charge in [0.2, 0.25) is 5.91 Å². The summed E-state index contributed by atoms with van der Waals surface area (Å²) in [5, 5.41) is 15.0. The first-order valence-electron chi connectivity index (χ1n) is 4.83. The Morgan fingerprint density at radius 2 is 2.12 bits per heavy atom. The molecular formula is C10H14N2O4. The van der Waals surface area contributed by atoms with Crippen LogP contribution in [0.15, 0.2) is 4.52 Å². The number of aromatic nitrogens is 1. The van der Waals surface area contributed by atoms with Crippen LogP contribution in [0.1, 0.15) is 23.9 Å². The van der Waals surface area contributed by atoms with Gasteiger partial charge in [0, 0.05) is 18.9 Å². The van der Waals surface area contributed by atoms with Gasteiger partial charge in [-0.1, -0.05) is 5.16 Å². The Balaban J connectivity index is 2.83. The highest BCUT2D eigenvalue weighted by Gasteiger charge is 2.22. The van der Waals surface area contributed by atoms with E-state index in [0.717, 1.165) is 5.56 Å². The van der Waals surface area contributed by atoms with E-state index in [1.165, 1.54) is 6.92 Å². The second-order valence-corrected chi connectivity index (χ2v) is 3.60. The standard InChI is InChI=1S/C10H14N2O4/c1-5-8(6(2)16-12-5)4-9(10(14)15)11-7(3)13/h9H,4H2,1-3H3,(H,11,13)(H,14,15). The molecule has 0 aliphatic carbocycles. The number of hydrogen-bond donors (Lipinski definition) is 2. The molecule has 6 nitrogen and oxygen atoms in total. The molecule has 16 heavy (non-hydrogen) atoms. The van der Waals surface area contributed by atoms with Crippen molar-refractivity contribution in [2.75, 3.05) is 0 Å². The average Bonchev–Trinajstić information content (AvgIpc) is 2.47. The lowest BCUT2D eigenvalue weighted by atomic mass is 10.0. The smallest absolute Gasteiger partial charge is 0.326 e. The molecule has 0 spiro atoms. The van der Waals surface area contributed by atoms with Gasteiger partial charge in [0.05, 0.1) is 5.69 Å². The Hall–Kier alpha value is -1.85. The molecule has 88 valence electrons. The topological polar surface area (TPSA) is 92.4 Å². The molecule has 0 aliphatic heterocycles. The van der Waals surface area contributed by atoms with Gasteiger partial charge in [-0.25, -0.2) is 4.79 Å². The molecule has 1 amide bonds. The third-order valence-electron chi connectivity index (χ3n) is 2.27. The van der Waals surface area contributed by atoms with Gasteiger partial charge in [-0.2, -0.15) is 0 Å². The molecule has 0 saturated heterocycles. The number of aryl methyl sites for hydroxylation is 2. The largest absolute Gasteiger partial charge is 0.480 e. The van der Waals surface area contributed by atoms with Gasteiger partial charge in [0.1, 0.15) is 11.8 Å². The molecule has 0 radical (unpaired) electrons. The van der Waals surface area contributed by atoms with E-state index in [0.29, 0.717) is 11.5 Å². The van der Waals surface area contributed by atoms with Crippen molar-refractivity contribution in [2.24, 2.45) is 0 Å². The van der Waals surface area contributed by atoms with Gasteiger partial charge in [-0.3, -0.25) is 4.79 Å². The zero-order valence-electron chi connectivity index (χ0n) is 9.40. The SMILES string of the molecule is CC(=O)NC(Cc1c(C)noc1C)C(=O)O. The molecule has 1 heterocycles. The third kappa shape index (κ3) is 2.82. The number of carbonyl (C=O) groups is 2. The minimum atomic E-state index is -1.07. The van der Waals surface area contributed by atoms with Crippen molar-refractivity contribution in [3.05, 3.63) is 17.0 Å². The van der Waals surface area contributed by atoms with Crippen molar-refractivity contribution in [1.82, 2.24) is 10.5 Å². The van der Waals surface area contributed by atoms with Crippen LogP contribution in [-0.4, -0.2) is 28.2 Å². The van der Waals surface area contributed by atoms with E-state index in [1.807, 2.05) is 0 Å². The van der Waals surface area contributed by atoms with E-state index in [-0.39, 0.29) is 12.3 Å². The summed E-state index contributed by atoms with van der Waals surface area (Å²) in [7, 11) is 0. The molecule has 2 N–H and O–H groups in total. The molecule has 1 atom stereocenters. The molecule has 0 saturated carbocycles. The number of carboxylic acids is 1. The van der Waals surface area contributed by atoms with Gasteiger partial charge in [-0.15, -0.1) is 0 Å². The summed E-state index contributed by atoms with van der Waals surface area (Å²) in [6.45, 7) is 4.73. The molecular weight excluding hydrogens is 212 g/mol. The number of carboxylic acid groups (broad SMARTS) is 1. The van der Waals surface area contributed by atoms with Crippen LogP contribution in [0.25, 0.3) is 0 Å². The lowest BCUT2D eigenvalue weighted by Crippen LogP contribution is -2.41. The van der Waals surface area contributed by atoms with Crippen LogP contribution in [-0.2, 0) is 16.0 Å². The summed E-state index contributed by atoms with van der Waals surface area (Å²) >= 11 is 0. The lowest BCUT2D eigenvalue weighted by Gasteiger charge is -2.12. The van der Waals surface area contributed by atoms with Crippen LogP contribution in [0.2, 0.25) is 0 Å². The predicted octanol–water partition coefficient (Wildman–Crippen LogP) is 0.423. The first-order valence-corrected chi connectivity index (χ1v) is 4.83. The molecule has 1 aromatic rings. The fourth-order valence-electron chi connectivity index (χ4n) is 1.44. The van der Waals surface area contributed by atoms with Crippen molar-refractivity contribution in [2.45, 2.75) is 33.2 Å². The van der Waals surface area contributed by atoms with Crippen molar-refractivity contribution in [3.8, 4) is 0 Å². The highest BCUT2D eigenvalue weighted by atomic mass is 16.5. The maximum atomic E-state index is 10.9. The molecule has 1 unspecified atom stereocenters. The zero-order chi connectivity index (χ0) is 12.3. The van der Waals surface area contributed by atoms with Crippen molar-refractivity contribution < 1.29 is 19.2 Å². The number of nitrogens with zero attached hydrogens (tertiary/aromatic N) is 1. The molecule has 1 rings (SSSR count).